The van der Waals surface area contributed by atoms with Gasteiger partial charge in [-0.05, 0) is 36.5 Å². The lowest BCUT2D eigenvalue weighted by Gasteiger charge is -2.27. The zero-order valence-electron chi connectivity index (χ0n) is 16.5. The lowest BCUT2D eigenvalue weighted by atomic mass is 10.2. The fourth-order valence-corrected chi connectivity index (χ4v) is 2.87. The molecular formula is C21H27IN4O3. The van der Waals surface area contributed by atoms with Gasteiger partial charge in [-0.2, -0.15) is 0 Å². The van der Waals surface area contributed by atoms with Crippen molar-refractivity contribution in [2.75, 3.05) is 26.8 Å². The molecule has 8 heteroatoms. The van der Waals surface area contributed by atoms with Crippen molar-refractivity contribution in [2.24, 2.45) is 10.9 Å². The summed E-state index contributed by atoms with van der Waals surface area (Å²) >= 11 is 0. The molecule has 1 aliphatic heterocycles. The minimum absolute atomic E-state index is 0. The molecule has 0 radical (unpaired) electrons. The first-order valence-corrected chi connectivity index (χ1v) is 9.71. The summed E-state index contributed by atoms with van der Waals surface area (Å²) in [5.74, 6) is 3.69. The highest BCUT2D eigenvalue weighted by Crippen LogP contribution is 2.30. The van der Waals surface area contributed by atoms with Crippen LogP contribution in [0.15, 0.2) is 47.6 Å². The van der Waals surface area contributed by atoms with Gasteiger partial charge in [0, 0.05) is 25.9 Å². The van der Waals surface area contributed by atoms with Crippen LogP contribution in [-0.2, 0) is 6.54 Å². The number of aromatic nitrogens is 1. The van der Waals surface area contributed by atoms with E-state index < -0.39 is 0 Å². The van der Waals surface area contributed by atoms with E-state index in [0.717, 1.165) is 29.6 Å². The first kappa shape index (κ1) is 21.5. The molecule has 0 spiro atoms. The van der Waals surface area contributed by atoms with Crippen molar-refractivity contribution in [2.45, 2.75) is 25.5 Å². The lowest BCUT2D eigenvalue weighted by Crippen LogP contribution is -2.45. The van der Waals surface area contributed by atoms with Gasteiger partial charge in [-0.3, -0.25) is 4.99 Å². The molecule has 4 rings (SSSR count). The van der Waals surface area contributed by atoms with Gasteiger partial charge in [0.15, 0.2) is 17.5 Å². The predicted octanol–water partition coefficient (Wildman–Crippen LogP) is 2.99. The van der Waals surface area contributed by atoms with Gasteiger partial charge in [0.2, 0.25) is 5.88 Å². The predicted molar refractivity (Wildman–Crippen MR) is 122 cm³/mol. The van der Waals surface area contributed by atoms with Crippen molar-refractivity contribution < 1.29 is 14.2 Å². The Morgan fingerprint density at radius 2 is 2.00 bits per heavy atom. The van der Waals surface area contributed by atoms with Gasteiger partial charge < -0.3 is 24.8 Å². The average molecular weight is 510 g/mol. The summed E-state index contributed by atoms with van der Waals surface area (Å²) in [6, 6.07) is 11.6. The second kappa shape index (κ2) is 10.5. The second-order valence-electron chi connectivity index (χ2n) is 7.06. The second-order valence-corrected chi connectivity index (χ2v) is 7.06. The molecule has 1 atom stereocenters. The average Bonchev–Trinajstić information content (AvgIpc) is 3.57. The van der Waals surface area contributed by atoms with Gasteiger partial charge in [0.05, 0.1) is 13.2 Å². The van der Waals surface area contributed by atoms with E-state index in [1.807, 2.05) is 42.6 Å². The quantitative estimate of drug-likeness (QED) is 0.339. The van der Waals surface area contributed by atoms with Crippen molar-refractivity contribution in [3.05, 3.63) is 48.2 Å². The van der Waals surface area contributed by atoms with E-state index >= 15 is 0 Å². The number of rotatable bonds is 7. The van der Waals surface area contributed by atoms with Crippen molar-refractivity contribution in [3.8, 4) is 17.4 Å². The summed E-state index contributed by atoms with van der Waals surface area (Å²) in [6.45, 7) is 2.51. The molecule has 1 fully saturated rings. The zero-order valence-corrected chi connectivity index (χ0v) is 18.8. The first-order valence-electron chi connectivity index (χ1n) is 9.71. The highest BCUT2D eigenvalue weighted by Gasteiger charge is 2.22. The number of aliphatic imine (C=N–C) groups is 1. The molecule has 0 bridgehead atoms. The number of nitrogens with one attached hydrogen (secondary N) is 2. The van der Waals surface area contributed by atoms with Crippen molar-refractivity contribution in [3.63, 3.8) is 0 Å². The molecule has 0 saturated heterocycles. The van der Waals surface area contributed by atoms with Gasteiger partial charge in [-0.25, -0.2) is 4.98 Å². The van der Waals surface area contributed by atoms with Crippen LogP contribution in [0.4, 0.5) is 0 Å². The summed E-state index contributed by atoms with van der Waals surface area (Å²) < 4.78 is 17.4. The van der Waals surface area contributed by atoms with Gasteiger partial charge in [0.25, 0.3) is 0 Å². The fourth-order valence-electron chi connectivity index (χ4n) is 2.87. The number of guanidine groups is 1. The Morgan fingerprint density at radius 1 is 1.17 bits per heavy atom. The smallest absolute Gasteiger partial charge is 0.213 e. The van der Waals surface area contributed by atoms with Crippen LogP contribution >= 0.6 is 24.0 Å². The Labute approximate surface area is 188 Å². The fraction of sp³-hybridized carbons (Fsp3) is 0.429. The summed E-state index contributed by atoms with van der Waals surface area (Å²) in [4.78, 5) is 8.62. The number of para-hydroxylation sites is 2. The van der Waals surface area contributed by atoms with Crippen molar-refractivity contribution in [1.29, 1.82) is 0 Å². The zero-order chi connectivity index (χ0) is 19.2. The molecule has 156 valence electrons. The highest BCUT2D eigenvalue weighted by molar-refractivity contribution is 14.0. The molecule has 0 amide bonds. The van der Waals surface area contributed by atoms with Crippen LogP contribution in [0, 0.1) is 5.92 Å². The van der Waals surface area contributed by atoms with E-state index in [2.05, 4.69) is 20.6 Å². The first-order chi connectivity index (χ1) is 13.8. The number of halogens is 1. The van der Waals surface area contributed by atoms with Gasteiger partial charge in [0.1, 0.15) is 12.7 Å². The number of ether oxygens (including phenoxy) is 3. The molecule has 2 N–H and O–H groups in total. The maximum absolute atomic E-state index is 5.95. The third-order valence-electron chi connectivity index (χ3n) is 4.71. The molecular weight excluding hydrogens is 483 g/mol. The minimum atomic E-state index is -0.0713. The lowest BCUT2D eigenvalue weighted by molar-refractivity contribution is 0.0936. The third kappa shape index (κ3) is 6.38. The largest absolute Gasteiger partial charge is 0.486 e. The number of benzene rings is 1. The topological polar surface area (TPSA) is 77.0 Å². The SMILES string of the molecule is CN=C(NCc1ccc(OCC2CC2)nc1)NCC1COc2ccccc2O1.I. The Kier molecular flexibility index (Phi) is 7.79. The van der Waals surface area contributed by atoms with Gasteiger partial charge in [-0.1, -0.05) is 18.2 Å². The Bertz CT molecular complexity index is 812. The summed E-state index contributed by atoms with van der Waals surface area (Å²) in [5.41, 5.74) is 1.06. The summed E-state index contributed by atoms with van der Waals surface area (Å²) in [5, 5.41) is 6.57. The maximum Gasteiger partial charge on any atom is 0.213 e. The van der Waals surface area contributed by atoms with Crippen molar-refractivity contribution >= 4 is 29.9 Å². The summed E-state index contributed by atoms with van der Waals surface area (Å²) in [7, 11) is 1.75. The van der Waals surface area contributed by atoms with Crippen LogP contribution in [0.25, 0.3) is 0 Å². The molecule has 1 aliphatic carbocycles. The van der Waals surface area contributed by atoms with E-state index in [-0.39, 0.29) is 30.1 Å². The van der Waals surface area contributed by atoms with Crippen LogP contribution in [0.3, 0.4) is 0 Å². The molecule has 1 aromatic carbocycles. The van der Waals surface area contributed by atoms with Crippen LogP contribution in [0.2, 0.25) is 0 Å². The van der Waals surface area contributed by atoms with E-state index in [9.17, 15) is 0 Å². The Hall–Kier alpha value is -2.23. The highest BCUT2D eigenvalue weighted by atomic mass is 127. The molecule has 1 unspecified atom stereocenters. The molecule has 2 aromatic rings. The van der Waals surface area contributed by atoms with Crippen LogP contribution in [-0.4, -0.2) is 43.9 Å². The molecule has 29 heavy (non-hydrogen) atoms. The number of hydrogen-bond acceptors (Lipinski definition) is 5. The van der Waals surface area contributed by atoms with Gasteiger partial charge >= 0.3 is 0 Å². The van der Waals surface area contributed by atoms with E-state index in [1.54, 1.807) is 7.05 Å². The van der Waals surface area contributed by atoms with E-state index in [4.69, 9.17) is 14.2 Å². The normalized spacial score (nSPS) is 17.8. The monoisotopic (exact) mass is 510 g/mol. The number of fused-ring (bicyclic) bond motifs is 1. The minimum Gasteiger partial charge on any atom is -0.486 e. The molecule has 7 nitrogen and oxygen atoms in total. The Balaban J connectivity index is 0.00000240. The molecule has 2 aliphatic rings. The molecule has 2 heterocycles. The number of nitrogens with zero attached hydrogens (tertiary/aromatic N) is 2. The van der Waals surface area contributed by atoms with Crippen LogP contribution in [0.5, 0.6) is 17.4 Å². The van der Waals surface area contributed by atoms with E-state index in [1.165, 1.54) is 12.8 Å². The standard InChI is InChI=1S/C21H26N4O3.HI/c1-22-21(25-12-17-14-26-18-4-2-3-5-19(18)28-17)24-11-16-8-9-20(23-10-16)27-13-15-6-7-15;/h2-5,8-10,15,17H,6-7,11-14H2,1H3,(H2,22,24,25);1H. The Morgan fingerprint density at radius 3 is 2.72 bits per heavy atom. The van der Waals surface area contributed by atoms with E-state index in [0.29, 0.717) is 31.5 Å². The molecule has 1 aromatic heterocycles. The van der Waals surface area contributed by atoms with Crippen LogP contribution < -0.4 is 24.8 Å². The summed E-state index contributed by atoms with van der Waals surface area (Å²) in [6.07, 6.45) is 4.31. The van der Waals surface area contributed by atoms with Gasteiger partial charge in [-0.15, -0.1) is 24.0 Å². The van der Waals surface area contributed by atoms with Crippen LogP contribution in [0.1, 0.15) is 18.4 Å². The third-order valence-corrected chi connectivity index (χ3v) is 4.71. The maximum atomic E-state index is 5.95. The number of pyridine rings is 1. The number of hydrogen-bond donors (Lipinski definition) is 2. The molecule has 1 saturated carbocycles. The van der Waals surface area contributed by atoms with Crippen molar-refractivity contribution in [1.82, 2.24) is 15.6 Å².